The average molecular weight is 1040 g/mol. The summed E-state index contributed by atoms with van der Waals surface area (Å²) >= 11 is 2.33. The third kappa shape index (κ3) is 8.22. The van der Waals surface area contributed by atoms with Gasteiger partial charge in [0.05, 0.1) is 23.2 Å². The van der Waals surface area contributed by atoms with Gasteiger partial charge in [-0.3, -0.25) is 0 Å². The predicted octanol–water partition coefficient (Wildman–Crippen LogP) is 12.6. The minimum Gasteiger partial charge on any atom is -0.388 e. The van der Waals surface area contributed by atoms with Crippen molar-refractivity contribution >= 4 is 55.7 Å². The number of nitrogens with zero attached hydrogens (tertiary/aromatic N) is 9. The number of fused-ring (bicyclic) bond motifs is 7. The van der Waals surface area contributed by atoms with Crippen LogP contribution in [0.4, 0.5) is 0 Å². The van der Waals surface area contributed by atoms with E-state index in [0.29, 0.717) is 11.8 Å². The van der Waals surface area contributed by atoms with E-state index in [2.05, 4.69) is 96.4 Å². The second kappa shape index (κ2) is 18.0. The van der Waals surface area contributed by atoms with Gasteiger partial charge in [-0.15, -0.1) is 0 Å². The van der Waals surface area contributed by atoms with Crippen molar-refractivity contribution in [1.82, 2.24) is 44.1 Å². The van der Waals surface area contributed by atoms with Gasteiger partial charge in [0.1, 0.15) is 34.2 Å². The molecule has 358 valence electrons. The first kappa shape index (κ1) is 45.8. The number of hydrogen-bond donors (Lipinski definition) is 1. The third-order valence-electron chi connectivity index (χ3n) is 16.4. The highest BCUT2D eigenvalue weighted by Gasteiger charge is 2.44. The Kier molecular flexibility index (Phi) is 11.9. The van der Waals surface area contributed by atoms with Crippen LogP contribution in [0.3, 0.4) is 0 Å². The van der Waals surface area contributed by atoms with Crippen molar-refractivity contribution in [2.24, 2.45) is 56.7 Å². The van der Waals surface area contributed by atoms with Crippen LogP contribution in [0.2, 0.25) is 0 Å². The first-order chi connectivity index (χ1) is 33.2. The molecule has 4 aliphatic carbocycles. The molecule has 9 heterocycles. The van der Waals surface area contributed by atoms with E-state index in [1.54, 1.807) is 0 Å². The number of aliphatic hydroxyl groups excluding tert-OH is 1. The van der Waals surface area contributed by atoms with Gasteiger partial charge in [-0.05, 0) is 168 Å². The monoisotopic (exact) mass is 1040 g/mol. The van der Waals surface area contributed by atoms with Gasteiger partial charge in [0.25, 0.3) is 0 Å². The largest absolute Gasteiger partial charge is 0.388 e. The molecule has 0 radical (unpaired) electrons. The maximum atomic E-state index is 11.2. The number of halogens is 1. The lowest BCUT2D eigenvalue weighted by Crippen LogP contribution is -2.19. The summed E-state index contributed by atoms with van der Waals surface area (Å²) in [7, 11) is 6.12. The van der Waals surface area contributed by atoms with Gasteiger partial charge in [0.2, 0.25) is 0 Å². The van der Waals surface area contributed by atoms with Crippen LogP contribution in [-0.4, -0.2) is 49.2 Å². The van der Waals surface area contributed by atoms with E-state index in [0.717, 1.165) is 125 Å². The van der Waals surface area contributed by atoms with Crippen LogP contribution in [0.1, 0.15) is 103 Å². The lowest BCUT2D eigenvalue weighted by Gasteiger charge is -2.26. The maximum absolute atomic E-state index is 11.2. The van der Waals surface area contributed by atoms with Gasteiger partial charge in [0, 0.05) is 117 Å². The van der Waals surface area contributed by atoms with Crippen LogP contribution >= 0.6 is 22.6 Å². The van der Waals surface area contributed by atoms with E-state index in [1.807, 2.05) is 83.4 Å². The molecule has 7 atom stereocenters. The molecule has 4 saturated carbocycles. The Balaban J connectivity index is 0.000000115. The molecule has 0 amide bonds. The number of rotatable bonds is 7. The van der Waals surface area contributed by atoms with Crippen molar-refractivity contribution in [3.8, 4) is 33.4 Å². The molecule has 14 heteroatoms. The zero-order chi connectivity index (χ0) is 48.0. The lowest BCUT2D eigenvalue weighted by molar-refractivity contribution is 0.0756. The van der Waals surface area contributed by atoms with E-state index in [1.165, 1.54) is 72.3 Å². The molecule has 0 aliphatic heterocycles. The van der Waals surface area contributed by atoms with Gasteiger partial charge in [-0.1, -0.05) is 28.3 Å². The molecule has 0 aromatic carbocycles. The smallest absolute Gasteiger partial charge is 0.141 e. The summed E-state index contributed by atoms with van der Waals surface area (Å²) in [4.78, 5) is 14.0. The molecule has 0 spiro atoms. The first-order valence-electron chi connectivity index (χ1n) is 24.7. The Morgan fingerprint density at radius 2 is 1.04 bits per heavy atom. The fourth-order valence-corrected chi connectivity index (χ4v) is 14.0. The minimum atomic E-state index is -0.407. The van der Waals surface area contributed by atoms with Crippen molar-refractivity contribution in [2.45, 2.75) is 105 Å². The Morgan fingerprint density at radius 1 is 0.580 bits per heavy atom. The molecule has 9 aromatic heterocycles. The van der Waals surface area contributed by atoms with E-state index >= 15 is 0 Å². The van der Waals surface area contributed by atoms with Crippen LogP contribution in [0.15, 0.2) is 68.9 Å². The number of aryl methyl sites for hydroxylation is 9. The lowest BCUT2D eigenvalue weighted by atomic mass is 9.82. The number of aliphatic hydroxyl groups is 1. The summed E-state index contributed by atoms with van der Waals surface area (Å²) in [5, 5.41) is 26.9. The van der Waals surface area contributed by atoms with Crippen molar-refractivity contribution in [3.63, 3.8) is 0 Å². The van der Waals surface area contributed by atoms with Gasteiger partial charge in [-0.25, -0.2) is 15.0 Å². The summed E-state index contributed by atoms with van der Waals surface area (Å²) < 4.78 is 23.3. The van der Waals surface area contributed by atoms with Crippen LogP contribution in [0, 0.1) is 80.6 Å². The van der Waals surface area contributed by atoms with Crippen LogP contribution < -0.4 is 0 Å². The summed E-state index contributed by atoms with van der Waals surface area (Å²) in [6, 6.07) is 6.58. The standard InChI is InChI=1S/C21H25N3O2.C21H25N3O.C13H12IN3O/c1-11-19(12(2)26-23-11)15-8-17-18(10-24(3)21(17)22-9-15)20(25)16-7-13-4-5-14(16)6-13;1-12-20(13(2)25-23-12)17-9-19-18(11-24(3)21(19)22-10-17)8-16-7-14-4-5-15(16)6-14;1-7-12(8(2)18-16-7)9-4-10-11(14)6-17(3)13(10)15-5-9/h8-10,13-14,16,20,25H,4-7H2,1-3H3;9-11,14-16H,4-8H2,1-3H3;4-6H,1-3H3. The average Bonchev–Trinajstić information content (AvgIpc) is 4.22. The van der Waals surface area contributed by atoms with E-state index < -0.39 is 6.10 Å². The van der Waals surface area contributed by atoms with Crippen molar-refractivity contribution in [3.05, 3.63) is 104 Å². The van der Waals surface area contributed by atoms with E-state index in [4.69, 9.17) is 18.6 Å². The molecular formula is C55H62IN9O4. The first-order valence-corrected chi connectivity index (χ1v) is 25.8. The molecular weight excluding hydrogens is 978 g/mol. The summed E-state index contributed by atoms with van der Waals surface area (Å²) in [6.07, 6.45) is 23.8. The quantitative estimate of drug-likeness (QED) is 0.153. The summed E-state index contributed by atoms with van der Waals surface area (Å²) in [5.41, 5.74) is 14.5. The SMILES string of the molecule is Cc1noc(C)c1-c1cnc2c(c1)c(C(O)C1CC3CCC1C3)cn2C.Cc1noc(C)c1-c1cnc2c(c1)c(CC1CC3CCC1C3)cn2C.Cc1noc(C)c1-c1cnc2c(c1)c(I)cn2C. The van der Waals surface area contributed by atoms with Crippen molar-refractivity contribution < 1.29 is 18.7 Å². The van der Waals surface area contributed by atoms with Crippen molar-refractivity contribution in [2.75, 3.05) is 0 Å². The minimum absolute atomic E-state index is 0.391. The van der Waals surface area contributed by atoms with Gasteiger partial charge >= 0.3 is 0 Å². The fraction of sp³-hybridized carbons (Fsp3) is 0.455. The molecule has 9 aromatic rings. The molecule has 4 aliphatic rings. The Labute approximate surface area is 416 Å². The second-order valence-corrected chi connectivity index (χ2v) is 22.0. The Hall–Kier alpha value is -5.61. The van der Waals surface area contributed by atoms with Crippen LogP contribution in [-0.2, 0) is 27.6 Å². The molecule has 0 saturated heterocycles. The Morgan fingerprint density at radius 3 is 1.52 bits per heavy atom. The topological polar surface area (TPSA) is 152 Å². The van der Waals surface area contributed by atoms with Gasteiger partial charge in [-0.2, -0.15) is 0 Å². The molecule has 7 unspecified atom stereocenters. The van der Waals surface area contributed by atoms with E-state index in [-0.39, 0.29) is 0 Å². The summed E-state index contributed by atoms with van der Waals surface area (Å²) in [6.45, 7) is 11.7. The maximum Gasteiger partial charge on any atom is 0.141 e. The van der Waals surface area contributed by atoms with E-state index in [9.17, 15) is 5.11 Å². The molecule has 13 nitrogen and oxygen atoms in total. The highest BCUT2D eigenvalue weighted by atomic mass is 127. The fourth-order valence-electron chi connectivity index (χ4n) is 13.2. The molecule has 13 rings (SSSR count). The number of hydrogen-bond acceptors (Lipinski definition) is 10. The highest BCUT2D eigenvalue weighted by molar-refractivity contribution is 14.1. The summed E-state index contributed by atoms with van der Waals surface area (Å²) in [5.74, 6) is 7.22. The van der Waals surface area contributed by atoms with Crippen molar-refractivity contribution in [1.29, 1.82) is 0 Å². The molecule has 1 N–H and O–H groups in total. The zero-order valence-corrected chi connectivity index (χ0v) is 43.3. The predicted molar refractivity (Wildman–Crippen MR) is 276 cm³/mol. The Bertz CT molecular complexity index is 3330. The second-order valence-electron chi connectivity index (χ2n) is 20.9. The number of pyridine rings is 3. The molecule has 4 bridgehead atoms. The van der Waals surface area contributed by atoms with Crippen LogP contribution in [0.5, 0.6) is 0 Å². The molecule has 69 heavy (non-hydrogen) atoms. The number of aromatic nitrogens is 9. The zero-order valence-electron chi connectivity index (χ0n) is 41.2. The van der Waals surface area contributed by atoms with Gasteiger partial charge < -0.3 is 32.4 Å². The molecule has 4 fully saturated rings. The normalized spacial score (nSPS) is 22.0. The van der Waals surface area contributed by atoms with Gasteiger partial charge in [0.15, 0.2) is 0 Å². The highest BCUT2D eigenvalue weighted by Crippen LogP contribution is 2.53. The van der Waals surface area contributed by atoms with Crippen LogP contribution in [0.25, 0.3) is 66.5 Å². The third-order valence-corrected chi connectivity index (χ3v) is 17.2.